The predicted molar refractivity (Wildman–Crippen MR) is 127 cm³/mol. The van der Waals surface area contributed by atoms with Gasteiger partial charge in [0.2, 0.25) is 0 Å². The molecule has 0 radical (unpaired) electrons. The van der Waals surface area contributed by atoms with Crippen LogP contribution in [0.4, 0.5) is 0 Å². The Bertz CT molecular complexity index is 926. The summed E-state index contributed by atoms with van der Waals surface area (Å²) in [5.74, 6) is -0.308. The van der Waals surface area contributed by atoms with Crippen molar-refractivity contribution in [1.82, 2.24) is 0 Å². The first kappa shape index (κ1) is 25.2. The number of methoxy groups -OCH3 is 1. The number of allylic oxidation sites excluding steroid dienone is 2. The van der Waals surface area contributed by atoms with Crippen molar-refractivity contribution in [3.8, 4) is 11.5 Å². The number of hydrogen-bond donors (Lipinski definition) is 1. The zero-order valence-electron chi connectivity index (χ0n) is 19.6. The zero-order valence-corrected chi connectivity index (χ0v) is 19.6. The van der Waals surface area contributed by atoms with Crippen LogP contribution in [0.1, 0.15) is 44.9 Å². The highest BCUT2D eigenvalue weighted by molar-refractivity contribution is 5.75. The number of carbonyl (C=O) groups excluding carboxylic acids is 1. The van der Waals surface area contributed by atoms with Gasteiger partial charge >= 0.3 is 5.97 Å². The van der Waals surface area contributed by atoms with Crippen LogP contribution in [-0.4, -0.2) is 24.8 Å². The first-order valence-electron chi connectivity index (χ1n) is 10.7. The van der Waals surface area contributed by atoms with Crippen LogP contribution in [0.15, 0.2) is 72.8 Å². The van der Waals surface area contributed by atoms with E-state index in [1.165, 1.54) is 7.11 Å². The minimum atomic E-state index is -1.15. The highest BCUT2D eigenvalue weighted by Crippen LogP contribution is 2.42. The van der Waals surface area contributed by atoms with E-state index in [0.717, 1.165) is 11.1 Å². The number of carbonyl (C=O) groups is 1. The molecular weight excluding hydrogens is 404 g/mol. The van der Waals surface area contributed by atoms with Gasteiger partial charge in [-0.1, -0.05) is 55.8 Å². The van der Waals surface area contributed by atoms with E-state index < -0.39 is 23.4 Å². The summed E-state index contributed by atoms with van der Waals surface area (Å²) in [6.07, 6.45) is 2.44. The predicted octanol–water partition coefficient (Wildman–Crippen LogP) is 5.65. The molecular formula is C27H34O5. The van der Waals surface area contributed by atoms with Gasteiger partial charge in [0.25, 0.3) is 0 Å². The fraction of sp³-hybridized carbons (Fsp3) is 0.370. The van der Waals surface area contributed by atoms with Crippen LogP contribution >= 0.6 is 0 Å². The third kappa shape index (κ3) is 6.72. The first-order chi connectivity index (χ1) is 15.2. The molecule has 2 aromatic rings. The van der Waals surface area contributed by atoms with Crippen molar-refractivity contribution in [2.24, 2.45) is 11.3 Å². The van der Waals surface area contributed by atoms with Crippen molar-refractivity contribution in [1.29, 1.82) is 0 Å². The molecule has 32 heavy (non-hydrogen) atoms. The fourth-order valence-corrected chi connectivity index (χ4v) is 3.29. The first-order valence-corrected chi connectivity index (χ1v) is 10.7. The minimum Gasteiger partial charge on any atom is -0.489 e. The van der Waals surface area contributed by atoms with Crippen molar-refractivity contribution in [3.05, 3.63) is 84.0 Å². The van der Waals surface area contributed by atoms with Crippen LogP contribution in [-0.2, 0) is 16.1 Å². The number of benzene rings is 2. The van der Waals surface area contributed by atoms with Crippen LogP contribution in [0.3, 0.4) is 0 Å². The van der Waals surface area contributed by atoms with Crippen molar-refractivity contribution < 1.29 is 24.1 Å². The Labute approximate surface area is 191 Å². The number of hydrogen-bond acceptors (Lipinski definition) is 5. The third-order valence-electron chi connectivity index (χ3n) is 5.38. The van der Waals surface area contributed by atoms with Gasteiger partial charge in [-0.25, -0.2) is 0 Å². The van der Waals surface area contributed by atoms with Gasteiger partial charge in [0, 0.05) is 11.6 Å². The maximum absolute atomic E-state index is 12.6. The second-order valence-electron chi connectivity index (χ2n) is 8.54. The number of aliphatic hydroxyl groups is 1. The quantitative estimate of drug-likeness (QED) is 0.363. The summed E-state index contributed by atoms with van der Waals surface area (Å²) >= 11 is 0. The molecule has 0 bridgehead atoms. The van der Waals surface area contributed by atoms with Crippen LogP contribution in [0.25, 0.3) is 0 Å². The third-order valence-corrected chi connectivity index (χ3v) is 5.38. The van der Waals surface area contributed by atoms with E-state index in [4.69, 9.17) is 14.2 Å². The van der Waals surface area contributed by atoms with Gasteiger partial charge in [-0.15, -0.1) is 6.58 Å². The summed E-state index contributed by atoms with van der Waals surface area (Å²) in [7, 11) is 1.31. The van der Waals surface area contributed by atoms with E-state index in [9.17, 15) is 9.90 Å². The van der Waals surface area contributed by atoms with Gasteiger partial charge in [0.15, 0.2) is 0 Å². The lowest BCUT2D eigenvalue weighted by molar-refractivity contribution is -0.154. The summed E-state index contributed by atoms with van der Waals surface area (Å²) < 4.78 is 16.9. The maximum atomic E-state index is 12.6. The fourth-order valence-electron chi connectivity index (χ4n) is 3.29. The molecule has 0 aromatic heterocycles. The molecule has 172 valence electrons. The molecule has 0 fully saturated rings. The molecule has 0 aliphatic carbocycles. The molecule has 5 nitrogen and oxygen atoms in total. The monoisotopic (exact) mass is 438 g/mol. The molecule has 0 amide bonds. The highest BCUT2D eigenvalue weighted by Gasteiger charge is 2.41. The standard InChI is InChI=1S/C27H34O5/c1-7-27(4,5)24(26(29)30-6)25(28)22-14-13-21(17-23(22)31-16-15-19(2)3)32-18-20-11-9-8-10-12-20/h7-15,17,24-25,28H,1,16,18H2,2-6H3/t24-,25-/m1/s1. The Kier molecular flexibility index (Phi) is 9.09. The SMILES string of the molecule is C=CC(C)(C)[C@@H](C(=O)OC)[C@H](O)c1ccc(OCc2ccccc2)cc1OCC=C(C)C. The van der Waals surface area contributed by atoms with Crippen LogP contribution in [0.2, 0.25) is 0 Å². The van der Waals surface area contributed by atoms with Gasteiger partial charge in [-0.2, -0.15) is 0 Å². The molecule has 0 spiro atoms. The summed E-state index contributed by atoms with van der Waals surface area (Å²) in [5.41, 5.74) is 1.95. The summed E-state index contributed by atoms with van der Waals surface area (Å²) in [4.78, 5) is 12.6. The smallest absolute Gasteiger partial charge is 0.312 e. The average molecular weight is 439 g/mol. The lowest BCUT2D eigenvalue weighted by Gasteiger charge is -2.33. The summed E-state index contributed by atoms with van der Waals surface area (Å²) in [5, 5.41) is 11.3. The van der Waals surface area contributed by atoms with Crippen molar-refractivity contribution in [2.45, 2.75) is 40.4 Å². The topological polar surface area (TPSA) is 65.0 Å². The molecule has 0 saturated carbocycles. The maximum Gasteiger partial charge on any atom is 0.312 e. The Hall–Kier alpha value is -3.05. The molecule has 2 aromatic carbocycles. The summed E-state index contributed by atoms with van der Waals surface area (Å²) in [6, 6.07) is 15.1. The molecule has 2 atom stereocenters. The second-order valence-corrected chi connectivity index (χ2v) is 8.54. The molecule has 1 N–H and O–H groups in total. The van der Waals surface area contributed by atoms with Crippen molar-refractivity contribution in [3.63, 3.8) is 0 Å². The van der Waals surface area contributed by atoms with Gasteiger partial charge in [-0.3, -0.25) is 4.79 Å². The number of esters is 1. The van der Waals surface area contributed by atoms with Crippen LogP contribution < -0.4 is 9.47 Å². The molecule has 0 heterocycles. The minimum absolute atomic E-state index is 0.331. The number of ether oxygens (including phenoxy) is 3. The largest absolute Gasteiger partial charge is 0.489 e. The lowest BCUT2D eigenvalue weighted by Crippen LogP contribution is -2.35. The lowest BCUT2D eigenvalue weighted by atomic mass is 9.74. The Morgan fingerprint density at radius 2 is 1.81 bits per heavy atom. The molecule has 0 unspecified atom stereocenters. The highest BCUT2D eigenvalue weighted by atomic mass is 16.5. The van der Waals surface area contributed by atoms with E-state index in [1.807, 2.05) is 64.1 Å². The van der Waals surface area contributed by atoms with Gasteiger partial charge in [0.1, 0.15) is 24.7 Å². The van der Waals surface area contributed by atoms with Gasteiger partial charge in [-0.05, 0) is 43.0 Å². The van der Waals surface area contributed by atoms with E-state index >= 15 is 0 Å². The molecule has 2 rings (SSSR count). The Balaban J connectivity index is 2.38. The normalized spacial score (nSPS) is 12.9. The van der Waals surface area contributed by atoms with E-state index in [-0.39, 0.29) is 0 Å². The Morgan fingerprint density at radius 3 is 2.41 bits per heavy atom. The summed E-state index contributed by atoms with van der Waals surface area (Å²) in [6.45, 7) is 12.2. The van der Waals surface area contributed by atoms with E-state index in [1.54, 1.807) is 24.3 Å². The Morgan fingerprint density at radius 1 is 1.12 bits per heavy atom. The van der Waals surface area contributed by atoms with Crippen LogP contribution in [0.5, 0.6) is 11.5 Å². The van der Waals surface area contributed by atoms with Crippen molar-refractivity contribution in [2.75, 3.05) is 13.7 Å². The number of rotatable bonds is 11. The number of aliphatic hydroxyl groups excluding tert-OH is 1. The molecule has 0 aliphatic rings. The van der Waals surface area contributed by atoms with Gasteiger partial charge in [0.05, 0.1) is 19.1 Å². The van der Waals surface area contributed by atoms with E-state index in [0.29, 0.717) is 30.3 Å². The molecule has 0 saturated heterocycles. The molecule has 5 heteroatoms. The van der Waals surface area contributed by atoms with Gasteiger partial charge < -0.3 is 19.3 Å². The molecule has 0 aliphatic heterocycles. The van der Waals surface area contributed by atoms with Crippen LogP contribution in [0, 0.1) is 11.3 Å². The zero-order chi connectivity index (χ0) is 23.7. The van der Waals surface area contributed by atoms with E-state index in [2.05, 4.69) is 6.58 Å². The second kappa shape index (κ2) is 11.5. The average Bonchev–Trinajstić information content (AvgIpc) is 2.78. The van der Waals surface area contributed by atoms with Crippen molar-refractivity contribution >= 4 is 5.97 Å².